The van der Waals surface area contributed by atoms with Crippen molar-refractivity contribution in [3.8, 4) is 0 Å². The van der Waals surface area contributed by atoms with Crippen molar-refractivity contribution in [1.29, 1.82) is 0 Å². The van der Waals surface area contributed by atoms with E-state index in [2.05, 4.69) is 83.1 Å². The van der Waals surface area contributed by atoms with Crippen LogP contribution in [0.2, 0.25) is 5.04 Å². The first-order chi connectivity index (χ1) is 21.7. The van der Waals surface area contributed by atoms with Crippen LogP contribution in [0.3, 0.4) is 0 Å². The van der Waals surface area contributed by atoms with Gasteiger partial charge in [-0.1, -0.05) is 107 Å². The average molecular weight is 666 g/mol. The van der Waals surface area contributed by atoms with Gasteiger partial charge >= 0.3 is 12.1 Å². The van der Waals surface area contributed by atoms with E-state index in [0.717, 1.165) is 6.42 Å². The Kier molecular flexibility index (Phi) is 12.4. The van der Waals surface area contributed by atoms with E-state index in [1.807, 2.05) is 65.8 Å². The molecule has 7 nitrogen and oxygen atoms in total. The molecule has 1 N–H and O–H groups in total. The number of hydrogen-bond acceptors (Lipinski definition) is 5. The Morgan fingerprint density at radius 1 is 0.957 bits per heavy atom. The predicted octanol–water partition coefficient (Wildman–Crippen LogP) is 8.17. The highest BCUT2D eigenvalue weighted by Gasteiger charge is 2.54. The molecule has 260 valence electrons. The zero-order valence-electron chi connectivity index (χ0n) is 30.6. The molecule has 0 spiro atoms. The van der Waals surface area contributed by atoms with Crippen LogP contribution in [-0.2, 0) is 18.7 Å². The van der Waals surface area contributed by atoms with Crippen molar-refractivity contribution >= 4 is 30.8 Å². The van der Waals surface area contributed by atoms with Crippen molar-refractivity contribution < 1.29 is 28.6 Å². The fraction of sp³-hybridized carbons (Fsp3) is 0.590. The first-order valence-corrected chi connectivity index (χ1v) is 18.9. The Bertz CT molecular complexity index is 1300. The molecule has 1 fully saturated rings. The Balaban J connectivity index is 1.95. The fourth-order valence-corrected chi connectivity index (χ4v) is 11.5. The van der Waals surface area contributed by atoms with Crippen LogP contribution in [0.15, 0.2) is 72.8 Å². The van der Waals surface area contributed by atoms with Crippen LogP contribution in [0.5, 0.6) is 0 Å². The van der Waals surface area contributed by atoms with Crippen LogP contribution in [-0.4, -0.2) is 60.5 Å². The third kappa shape index (κ3) is 9.58. The molecular formula is C39H59NO6Si. The summed E-state index contributed by atoms with van der Waals surface area (Å²) < 4.78 is 19.7. The topological polar surface area (TPSA) is 85.3 Å². The van der Waals surface area contributed by atoms with Gasteiger partial charge in [0, 0.05) is 6.61 Å². The normalized spacial score (nSPS) is 19.6. The molecule has 0 radical (unpaired) electrons. The van der Waals surface area contributed by atoms with Gasteiger partial charge < -0.3 is 19.0 Å². The number of benzene rings is 2. The van der Waals surface area contributed by atoms with Crippen LogP contribution >= 0.6 is 0 Å². The molecule has 0 saturated carbocycles. The largest absolute Gasteiger partial charge is 0.481 e. The molecule has 1 saturated heterocycles. The molecule has 47 heavy (non-hydrogen) atoms. The number of carbonyl (C=O) groups is 2. The minimum atomic E-state index is -2.72. The van der Waals surface area contributed by atoms with Gasteiger partial charge in [-0.15, -0.1) is 0 Å². The molecule has 1 amide bonds. The number of nitrogens with zero attached hydrogens (tertiary/aromatic N) is 1. The summed E-state index contributed by atoms with van der Waals surface area (Å²) in [6.45, 7) is 22.9. The minimum Gasteiger partial charge on any atom is -0.481 e. The molecule has 0 bridgehead atoms. The summed E-state index contributed by atoms with van der Waals surface area (Å²) in [5.41, 5.74) is -1.94. The predicted molar refractivity (Wildman–Crippen MR) is 193 cm³/mol. The Morgan fingerprint density at radius 2 is 1.49 bits per heavy atom. The summed E-state index contributed by atoms with van der Waals surface area (Å²) in [6, 6.07) is 20.9. The highest BCUT2D eigenvalue weighted by Crippen LogP contribution is 2.43. The van der Waals surface area contributed by atoms with Gasteiger partial charge in [-0.25, -0.2) is 4.79 Å². The highest BCUT2D eigenvalue weighted by atomic mass is 28.4. The van der Waals surface area contributed by atoms with Crippen molar-refractivity contribution in [2.24, 2.45) is 11.3 Å². The molecule has 1 heterocycles. The Morgan fingerprint density at radius 3 is 1.94 bits per heavy atom. The lowest BCUT2D eigenvalue weighted by Gasteiger charge is -2.44. The van der Waals surface area contributed by atoms with Gasteiger partial charge in [0.05, 0.1) is 18.1 Å². The SMILES string of the molecule is CC=CC[C@H](C[C@@H]1OC(C)(C)N(C(=O)OC(C)(C)C)[C@H]1CC(C)(C)CCO[Si](c1ccccc1)(c1ccccc1)C(C)(C)C)C(=O)O. The maximum Gasteiger partial charge on any atom is 0.412 e. The molecule has 3 rings (SSSR count). The van der Waals surface area contributed by atoms with Crippen LogP contribution in [0, 0.1) is 11.3 Å². The second-order valence-electron chi connectivity index (χ2n) is 16.2. The molecule has 0 aromatic heterocycles. The molecule has 8 heteroatoms. The van der Waals surface area contributed by atoms with Crippen LogP contribution in [0.1, 0.15) is 102 Å². The zero-order chi connectivity index (χ0) is 35.3. The number of carboxylic acid groups (broad SMARTS) is 1. The summed E-state index contributed by atoms with van der Waals surface area (Å²) in [6.07, 6.45) is 4.86. The fourth-order valence-electron chi connectivity index (χ4n) is 6.95. The molecular weight excluding hydrogens is 607 g/mol. The smallest absolute Gasteiger partial charge is 0.412 e. The standard InChI is InChI=1S/C39H59NO6Si/c1-12-13-20-29(34(41)42)27-33-32(40(39(10,11)45-33)35(43)46-36(2,3)4)28-38(8,9)25-26-44-47(37(5,6)7,30-21-16-14-17-22-30)31-23-18-15-19-24-31/h12-19,21-24,29,32-33H,20,25-28H2,1-11H3,(H,41,42)/t29-,32+,33+/m1/s1. The van der Waals surface area contributed by atoms with Crippen molar-refractivity contribution in [2.45, 2.75) is 130 Å². The molecule has 3 atom stereocenters. The van der Waals surface area contributed by atoms with Gasteiger partial charge in [-0.2, -0.15) is 0 Å². The monoisotopic (exact) mass is 665 g/mol. The lowest BCUT2D eigenvalue weighted by Crippen LogP contribution is -2.66. The van der Waals surface area contributed by atoms with Crippen LogP contribution < -0.4 is 10.4 Å². The maximum absolute atomic E-state index is 13.8. The molecule has 0 aliphatic carbocycles. The molecule has 1 aliphatic heterocycles. The summed E-state index contributed by atoms with van der Waals surface area (Å²) in [4.78, 5) is 27.8. The molecule has 0 unspecified atom stereocenters. The minimum absolute atomic E-state index is 0.138. The summed E-state index contributed by atoms with van der Waals surface area (Å²) >= 11 is 0. The van der Waals surface area contributed by atoms with Crippen molar-refractivity contribution in [3.63, 3.8) is 0 Å². The maximum atomic E-state index is 13.8. The van der Waals surface area contributed by atoms with Gasteiger partial charge in [-0.05, 0) is 88.1 Å². The van der Waals surface area contributed by atoms with Crippen LogP contribution in [0.25, 0.3) is 0 Å². The van der Waals surface area contributed by atoms with E-state index in [4.69, 9.17) is 13.9 Å². The van der Waals surface area contributed by atoms with E-state index in [1.54, 1.807) is 4.90 Å². The van der Waals surface area contributed by atoms with E-state index in [0.29, 0.717) is 25.9 Å². The third-order valence-corrected chi connectivity index (χ3v) is 14.2. The van der Waals surface area contributed by atoms with E-state index < -0.39 is 43.7 Å². The van der Waals surface area contributed by atoms with E-state index in [9.17, 15) is 14.7 Å². The highest BCUT2D eigenvalue weighted by molar-refractivity contribution is 6.99. The second kappa shape index (κ2) is 15.1. The van der Waals surface area contributed by atoms with E-state index >= 15 is 0 Å². The first-order valence-electron chi connectivity index (χ1n) is 17.0. The number of carbonyl (C=O) groups excluding carboxylic acids is 1. The van der Waals surface area contributed by atoms with Crippen molar-refractivity contribution in [2.75, 3.05) is 6.61 Å². The number of carboxylic acids is 1. The molecule has 2 aromatic carbocycles. The summed E-state index contributed by atoms with van der Waals surface area (Å²) in [7, 11) is -2.72. The van der Waals surface area contributed by atoms with Crippen molar-refractivity contribution in [1.82, 2.24) is 4.90 Å². The summed E-state index contributed by atoms with van der Waals surface area (Å²) in [5.74, 6) is -1.49. The van der Waals surface area contributed by atoms with Gasteiger partial charge in [0.1, 0.15) is 11.3 Å². The summed E-state index contributed by atoms with van der Waals surface area (Å²) in [5, 5.41) is 12.4. The second-order valence-corrected chi connectivity index (χ2v) is 20.5. The number of ether oxygens (including phenoxy) is 2. The van der Waals surface area contributed by atoms with Crippen molar-refractivity contribution in [3.05, 3.63) is 72.8 Å². The van der Waals surface area contributed by atoms with Gasteiger partial charge in [-0.3, -0.25) is 9.69 Å². The third-order valence-electron chi connectivity index (χ3n) is 9.17. The Labute approximate surface area is 284 Å². The number of amides is 1. The van der Waals surface area contributed by atoms with E-state index in [1.165, 1.54) is 10.4 Å². The lowest BCUT2D eigenvalue weighted by molar-refractivity contribution is -0.144. The number of hydrogen-bond donors (Lipinski definition) is 1. The number of rotatable bonds is 13. The van der Waals surface area contributed by atoms with Gasteiger partial charge in [0.15, 0.2) is 0 Å². The van der Waals surface area contributed by atoms with Crippen LogP contribution in [0.4, 0.5) is 4.79 Å². The van der Waals surface area contributed by atoms with E-state index in [-0.39, 0.29) is 16.5 Å². The molecule has 2 aromatic rings. The zero-order valence-corrected chi connectivity index (χ0v) is 31.6. The number of allylic oxidation sites excluding steroid dienone is 2. The Hall–Kier alpha value is -2.94. The lowest BCUT2D eigenvalue weighted by atomic mass is 9.79. The quantitative estimate of drug-likeness (QED) is 0.172. The van der Waals surface area contributed by atoms with Gasteiger partial charge in [0.25, 0.3) is 8.32 Å². The first kappa shape index (κ1) is 38.5. The number of aliphatic carboxylic acids is 1. The molecule has 1 aliphatic rings. The van der Waals surface area contributed by atoms with Gasteiger partial charge in [0.2, 0.25) is 0 Å². The average Bonchev–Trinajstić information content (AvgIpc) is 3.20.